The van der Waals surface area contributed by atoms with Crippen LogP contribution in [0.3, 0.4) is 0 Å². The number of nitrogens with one attached hydrogen (secondary N) is 1. The second kappa shape index (κ2) is 5.42. The molecule has 1 saturated carbocycles. The molecular formula is C15H21NO2. The van der Waals surface area contributed by atoms with Gasteiger partial charge in [0.05, 0.1) is 5.92 Å². The van der Waals surface area contributed by atoms with Crippen LogP contribution < -0.4 is 5.32 Å². The predicted octanol–water partition coefficient (Wildman–Crippen LogP) is 3.36. The molecule has 98 valence electrons. The second-order valence-electron chi connectivity index (χ2n) is 5.35. The molecule has 1 fully saturated rings. The number of hydrogen-bond acceptors (Lipinski definition) is 2. The number of rotatable bonds is 3. The average molecular weight is 247 g/mol. The van der Waals surface area contributed by atoms with Crippen LogP contribution in [-0.2, 0) is 4.79 Å². The monoisotopic (exact) mass is 247 g/mol. The summed E-state index contributed by atoms with van der Waals surface area (Å²) in [5, 5.41) is 12.5. The summed E-state index contributed by atoms with van der Waals surface area (Å²) < 4.78 is 0. The van der Waals surface area contributed by atoms with Gasteiger partial charge < -0.3 is 10.4 Å². The normalized spacial score (nSPS) is 23.7. The lowest BCUT2D eigenvalue weighted by Crippen LogP contribution is -2.29. The summed E-state index contributed by atoms with van der Waals surface area (Å²) in [7, 11) is 0. The van der Waals surface area contributed by atoms with Crippen molar-refractivity contribution in [1.82, 2.24) is 0 Å². The van der Waals surface area contributed by atoms with Crippen LogP contribution in [0.2, 0.25) is 0 Å². The van der Waals surface area contributed by atoms with E-state index in [9.17, 15) is 4.79 Å². The Labute approximate surface area is 108 Å². The van der Waals surface area contributed by atoms with Crippen molar-refractivity contribution in [1.29, 1.82) is 0 Å². The van der Waals surface area contributed by atoms with Gasteiger partial charge in [-0.2, -0.15) is 0 Å². The van der Waals surface area contributed by atoms with Gasteiger partial charge in [0.2, 0.25) is 0 Å². The van der Waals surface area contributed by atoms with Crippen molar-refractivity contribution in [3.63, 3.8) is 0 Å². The maximum absolute atomic E-state index is 10.9. The third-order valence-corrected chi connectivity index (χ3v) is 3.82. The van der Waals surface area contributed by atoms with Crippen LogP contribution in [0.4, 0.5) is 5.69 Å². The second-order valence-corrected chi connectivity index (χ2v) is 5.35. The van der Waals surface area contributed by atoms with Crippen molar-refractivity contribution in [2.45, 2.75) is 45.6 Å². The van der Waals surface area contributed by atoms with E-state index in [1.807, 2.05) is 0 Å². The molecule has 0 aliphatic heterocycles. The Kier molecular flexibility index (Phi) is 3.90. The van der Waals surface area contributed by atoms with Gasteiger partial charge in [-0.05, 0) is 51.2 Å². The van der Waals surface area contributed by atoms with Crippen LogP contribution in [-0.4, -0.2) is 17.1 Å². The highest BCUT2D eigenvalue weighted by atomic mass is 16.4. The molecule has 1 aromatic rings. The van der Waals surface area contributed by atoms with E-state index >= 15 is 0 Å². The zero-order valence-electron chi connectivity index (χ0n) is 11.1. The first-order valence-electron chi connectivity index (χ1n) is 6.63. The summed E-state index contributed by atoms with van der Waals surface area (Å²) in [4.78, 5) is 10.9. The molecule has 1 aliphatic carbocycles. The minimum Gasteiger partial charge on any atom is -0.481 e. The Bertz CT molecular complexity index is 434. The predicted molar refractivity (Wildman–Crippen MR) is 72.9 cm³/mol. The van der Waals surface area contributed by atoms with E-state index in [0.717, 1.165) is 25.7 Å². The number of benzene rings is 1. The molecular weight excluding hydrogens is 226 g/mol. The maximum atomic E-state index is 10.9. The van der Waals surface area contributed by atoms with Crippen LogP contribution in [0.1, 0.15) is 36.8 Å². The van der Waals surface area contributed by atoms with Crippen molar-refractivity contribution in [2.24, 2.45) is 5.92 Å². The van der Waals surface area contributed by atoms with Crippen LogP contribution in [0.25, 0.3) is 0 Å². The minimum absolute atomic E-state index is 0.137. The van der Waals surface area contributed by atoms with E-state index in [1.165, 1.54) is 16.8 Å². The number of hydrogen-bond donors (Lipinski definition) is 2. The standard InChI is InChI=1S/C15H21NO2/c1-10-3-8-14(11(2)9-10)16-13-6-4-12(5-7-13)15(17)18/h3,8-9,12-13,16H,4-7H2,1-2H3,(H,17,18). The first-order chi connectivity index (χ1) is 8.56. The fraction of sp³-hybridized carbons (Fsp3) is 0.533. The first-order valence-corrected chi connectivity index (χ1v) is 6.63. The topological polar surface area (TPSA) is 49.3 Å². The number of anilines is 1. The molecule has 0 heterocycles. The van der Waals surface area contributed by atoms with Crippen LogP contribution >= 0.6 is 0 Å². The number of carboxylic acids is 1. The van der Waals surface area contributed by atoms with Crippen molar-refractivity contribution in [3.05, 3.63) is 29.3 Å². The van der Waals surface area contributed by atoms with E-state index in [2.05, 4.69) is 37.4 Å². The minimum atomic E-state index is -0.639. The quantitative estimate of drug-likeness (QED) is 0.861. The van der Waals surface area contributed by atoms with Gasteiger partial charge in [0.25, 0.3) is 0 Å². The number of aliphatic carboxylic acids is 1. The summed E-state index contributed by atoms with van der Waals surface area (Å²) in [5.41, 5.74) is 3.71. The van der Waals surface area contributed by atoms with Crippen molar-refractivity contribution in [2.75, 3.05) is 5.32 Å². The van der Waals surface area contributed by atoms with Gasteiger partial charge in [0.15, 0.2) is 0 Å². The van der Waals surface area contributed by atoms with E-state index in [-0.39, 0.29) is 5.92 Å². The molecule has 3 heteroatoms. The highest BCUT2D eigenvalue weighted by Gasteiger charge is 2.25. The third-order valence-electron chi connectivity index (χ3n) is 3.82. The Morgan fingerprint density at radius 2 is 1.89 bits per heavy atom. The van der Waals surface area contributed by atoms with Gasteiger partial charge in [-0.15, -0.1) is 0 Å². The summed E-state index contributed by atoms with van der Waals surface area (Å²) in [6.45, 7) is 4.20. The van der Waals surface area contributed by atoms with Gasteiger partial charge >= 0.3 is 5.97 Å². The molecule has 0 atom stereocenters. The van der Waals surface area contributed by atoms with Crippen molar-refractivity contribution >= 4 is 11.7 Å². The molecule has 0 aromatic heterocycles. The molecule has 18 heavy (non-hydrogen) atoms. The van der Waals surface area contributed by atoms with E-state index in [4.69, 9.17) is 5.11 Å². The fourth-order valence-corrected chi connectivity index (χ4v) is 2.68. The zero-order chi connectivity index (χ0) is 13.1. The van der Waals surface area contributed by atoms with Gasteiger partial charge in [0, 0.05) is 11.7 Å². The van der Waals surface area contributed by atoms with Gasteiger partial charge in [0.1, 0.15) is 0 Å². The van der Waals surface area contributed by atoms with Gasteiger partial charge in [-0.3, -0.25) is 4.79 Å². The maximum Gasteiger partial charge on any atom is 0.306 e. The van der Waals surface area contributed by atoms with Gasteiger partial charge in [-0.1, -0.05) is 17.7 Å². The Balaban J connectivity index is 1.93. The zero-order valence-corrected chi connectivity index (χ0v) is 11.1. The Hall–Kier alpha value is -1.51. The summed E-state index contributed by atoms with van der Waals surface area (Å²) in [6.07, 6.45) is 3.48. The lowest BCUT2D eigenvalue weighted by Gasteiger charge is -2.28. The largest absolute Gasteiger partial charge is 0.481 e. The lowest BCUT2D eigenvalue weighted by molar-refractivity contribution is -0.142. The van der Waals surface area contributed by atoms with E-state index < -0.39 is 5.97 Å². The highest BCUT2D eigenvalue weighted by Crippen LogP contribution is 2.27. The molecule has 1 aliphatic rings. The summed E-state index contributed by atoms with van der Waals surface area (Å²) >= 11 is 0. The van der Waals surface area contributed by atoms with E-state index in [0.29, 0.717) is 6.04 Å². The number of aryl methyl sites for hydroxylation is 2. The number of carbonyl (C=O) groups is 1. The molecule has 0 spiro atoms. The third kappa shape index (κ3) is 3.03. The van der Waals surface area contributed by atoms with Gasteiger partial charge in [-0.25, -0.2) is 0 Å². The molecule has 2 N–H and O–H groups in total. The lowest BCUT2D eigenvalue weighted by atomic mass is 9.86. The van der Waals surface area contributed by atoms with Crippen LogP contribution in [0.5, 0.6) is 0 Å². The van der Waals surface area contributed by atoms with Crippen molar-refractivity contribution in [3.8, 4) is 0 Å². The Morgan fingerprint density at radius 1 is 1.22 bits per heavy atom. The summed E-state index contributed by atoms with van der Waals surface area (Å²) in [5.74, 6) is -0.776. The molecule has 3 nitrogen and oxygen atoms in total. The first kappa shape index (κ1) is 12.9. The molecule has 0 unspecified atom stereocenters. The van der Waals surface area contributed by atoms with E-state index in [1.54, 1.807) is 0 Å². The molecule has 0 saturated heterocycles. The molecule has 1 aromatic carbocycles. The number of carboxylic acid groups (broad SMARTS) is 1. The van der Waals surface area contributed by atoms with Crippen LogP contribution in [0.15, 0.2) is 18.2 Å². The summed E-state index contributed by atoms with van der Waals surface area (Å²) in [6, 6.07) is 6.82. The van der Waals surface area contributed by atoms with Crippen LogP contribution in [0, 0.1) is 19.8 Å². The van der Waals surface area contributed by atoms with Crippen molar-refractivity contribution < 1.29 is 9.90 Å². The molecule has 0 bridgehead atoms. The highest BCUT2D eigenvalue weighted by molar-refractivity contribution is 5.70. The smallest absolute Gasteiger partial charge is 0.306 e. The molecule has 2 rings (SSSR count). The fourth-order valence-electron chi connectivity index (χ4n) is 2.68. The molecule has 0 radical (unpaired) electrons. The SMILES string of the molecule is Cc1ccc(NC2CCC(C(=O)O)CC2)c(C)c1. The Morgan fingerprint density at radius 3 is 2.44 bits per heavy atom. The molecule has 0 amide bonds. The average Bonchev–Trinajstić information content (AvgIpc) is 2.33.